The fourth-order valence-corrected chi connectivity index (χ4v) is 5.58. The molecule has 0 atom stereocenters. The lowest BCUT2D eigenvalue weighted by molar-refractivity contribution is 0.0944. The van der Waals surface area contributed by atoms with Gasteiger partial charge in [-0.3, -0.25) is 4.79 Å². The maximum atomic E-state index is 13.3. The first-order valence-corrected chi connectivity index (χ1v) is 16.3. The number of nitrogens with zero attached hydrogens (tertiary/aromatic N) is 2. The number of benzene rings is 2. The van der Waals surface area contributed by atoms with E-state index in [4.69, 9.17) is 33.0 Å². The van der Waals surface area contributed by atoms with Crippen molar-refractivity contribution in [2.75, 3.05) is 13.2 Å². The van der Waals surface area contributed by atoms with Crippen LogP contribution < -0.4 is 10.1 Å². The molecule has 0 fully saturated rings. The molecule has 0 aliphatic heterocycles. The normalized spacial score (nSPS) is 12.0. The smallest absolute Gasteiger partial charge is 0.270 e. The Kier molecular flexibility index (Phi) is 10.4. The zero-order chi connectivity index (χ0) is 30.5. The largest absolute Gasteiger partial charge is 0.493 e. The Morgan fingerprint density at radius 1 is 0.952 bits per heavy atom. The number of rotatable bonds is 13. The van der Waals surface area contributed by atoms with Crippen molar-refractivity contribution >= 4 is 40.4 Å². The Morgan fingerprint density at radius 2 is 1.71 bits per heavy atom. The standard InChI is InChI=1S/C34H41Cl2N3O2S/c1-7-33(3,4)23-13-16-30(25(20-23)34(5,6)8-2)41-18-10-9-17-37-32(40)29-22-28(31-12-11-19-42-31)38-39(29)24-14-15-26(35)27(36)21-24/h11-16,19-22H,7-10,17-18H2,1-6H3,(H,37,40). The summed E-state index contributed by atoms with van der Waals surface area (Å²) >= 11 is 14.0. The predicted octanol–water partition coefficient (Wildman–Crippen LogP) is 9.87. The maximum Gasteiger partial charge on any atom is 0.270 e. The van der Waals surface area contributed by atoms with E-state index in [-0.39, 0.29) is 16.7 Å². The van der Waals surface area contributed by atoms with Crippen LogP contribution in [0.15, 0.2) is 60.0 Å². The molecule has 1 N–H and O–H groups in total. The molecule has 0 aliphatic carbocycles. The Labute approximate surface area is 264 Å². The molecule has 224 valence electrons. The van der Waals surface area contributed by atoms with Gasteiger partial charge in [0, 0.05) is 12.1 Å². The summed E-state index contributed by atoms with van der Waals surface area (Å²) in [7, 11) is 0. The lowest BCUT2D eigenvalue weighted by atomic mass is 9.76. The van der Waals surface area contributed by atoms with E-state index in [1.54, 1.807) is 34.2 Å². The molecular weight excluding hydrogens is 585 g/mol. The van der Waals surface area contributed by atoms with Gasteiger partial charge < -0.3 is 10.1 Å². The highest BCUT2D eigenvalue weighted by Gasteiger charge is 2.26. The summed E-state index contributed by atoms with van der Waals surface area (Å²) in [6, 6.07) is 17.7. The second-order valence-electron chi connectivity index (χ2n) is 11.9. The molecular formula is C34H41Cl2N3O2S. The minimum absolute atomic E-state index is 0.0162. The SMILES string of the molecule is CCC(C)(C)c1ccc(OCCCCNC(=O)c2cc(-c3cccs3)nn2-c2ccc(Cl)c(Cl)c2)c(C(C)(C)CC)c1. The van der Waals surface area contributed by atoms with Gasteiger partial charge in [0.2, 0.25) is 0 Å². The average molecular weight is 627 g/mol. The monoisotopic (exact) mass is 625 g/mol. The number of hydrogen-bond acceptors (Lipinski definition) is 4. The first-order valence-electron chi connectivity index (χ1n) is 14.6. The molecule has 2 aromatic heterocycles. The molecule has 2 heterocycles. The van der Waals surface area contributed by atoms with Gasteiger partial charge in [0.1, 0.15) is 17.1 Å². The Bertz CT molecular complexity index is 1510. The van der Waals surface area contributed by atoms with Gasteiger partial charge in [-0.05, 0) is 83.9 Å². The Morgan fingerprint density at radius 3 is 2.38 bits per heavy atom. The fourth-order valence-electron chi connectivity index (χ4n) is 4.60. The molecule has 0 saturated carbocycles. The molecule has 1 amide bonds. The molecule has 0 radical (unpaired) electrons. The van der Waals surface area contributed by atoms with Crippen LogP contribution in [0.4, 0.5) is 0 Å². The lowest BCUT2D eigenvalue weighted by Gasteiger charge is -2.30. The molecule has 2 aromatic carbocycles. The summed E-state index contributed by atoms with van der Waals surface area (Å²) < 4.78 is 7.93. The predicted molar refractivity (Wildman–Crippen MR) is 177 cm³/mol. The first kappa shape index (κ1) is 32.1. The van der Waals surface area contributed by atoms with Crippen molar-refractivity contribution in [2.24, 2.45) is 0 Å². The molecule has 4 aromatic rings. The highest BCUT2D eigenvalue weighted by atomic mass is 35.5. The third-order valence-electron chi connectivity index (χ3n) is 8.24. The number of thiophene rings is 1. The van der Waals surface area contributed by atoms with Gasteiger partial charge in [-0.15, -0.1) is 11.3 Å². The molecule has 5 nitrogen and oxygen atoms in total. The van der Waals surface area contributed by atoms with E-state index in [1.165, 1.54) is 11.1 Å². The molecule has 0 spiro atoms. The summed E-state index contributed by atoms with van der Waals surface area (Å²) in [6.45, 7) is 14.7. The van der Waals surface area contributed by atoms with Gasteiger partial charge in [-0.2, -0.15) is 5.10 Å². The van der Waals surface area contributed by atoms with Crippen LogP contribution in [-0.2, 0) is 10.8 Å². The van der Waals surface area contributed by atoms with Crippen molar-refractivity contribution < 1.29 is 9.53 Å². The topological polar surface area (TPSA) is 56.1 Å². The number of carbonyl (C=O) groups excluding carboxylic acids is 1. The second-order valence-corrected chi connectivity index (χ2v) is 13.7. The van der Waals surface area contributed by atoms with Gasteiger partial charge in [0.15, 0.2) is 0 Å². The molecule has 0 bridgehead atoms. The zero-order valence-electron chi connectivity index (χ0n) is 25.4. The zero-order valence-corrected chi connectivity index (χ0v) is 27.7. The Balaban J connectivity index is 1.39. The van der Waals surface area contributed by atoms with Crippen molar-refractivity contribution in [3.8, 4) is 22.0 Å². The molecule has 8 heteroatoms. The van der Waals surface area contributed by atoms with E-state index in [9.17, 15) is 4.79 Å². The van der Waals surface area contributed by atoms with Crippen molar-refractivity contribution in [2.45, 2.75) is 78.1 Å². The molecule has 4 rings (SSSR count). The molecule has 0 saturated heterocycles. The third kappa shape index (κ3) is 7.39. The van der Waals surface area contributed by atoms with Crippen molar-refractivity contribution in [3.63, 3.8) is 0 Å². The number of unbranched alkanes of at least 4 members (excludes halogenated alkanes) is 1. The summed E-state index contributed by atoms with van der Waals surface area (Å²) in [5.74, 6) is 0.756. The van der Waals surface area contributed by atoms with Gasteiger partial charge >= 0.3 is 0 Å². The van der Waals surface area contributed by atoms with Gasteiger partial charge in [0.05, 0.1) is 27.2 Å². The van der Waals surface area contributed by atoms with E-state index < -0.39 is 0 Å². The maximum absolute atomic E-state index is 13.3. The van der Waals surface area contributed by atoms with Crippen LogP contribution in [0.3, 0.4) is 0 Å². The number of hydrogen-bond donors (Lipinski definition) is 1. The van der Waals surface area contributed by atoms with Crippen molar-refractivity contribution in [3.05, 3.63) is 86.8 Å². The van der Waals surface area contributed by atoms with Crippen LogP contribution in [0.1, 0.15) is 88.8 Å². The highest BCUT2D eigenvalue weighted by molar-refractivity contribution is 7.13. The van der Waals surface area contributed by atoms with Crippen LogP contribution in [0.5, 0.6) is 5.75 Å². The van der Waals surface area contributed by atoms with Gasteiger partial charge in [-0.25, -0.2) is 4.68 Å². The molecule has 0 unspecified atom stereocenters. The highest BCUT2D eigenvalue weighted by Crippen LogP contribution is 2.38. The number of nitrogens with one attached hydrogen (secondary N) is 1. The minimum Gasteiger partial charge on any atom is -0.493 e. The summed E-state index contributed by atoms with van der Waals surface area (Å²) in [5.41, 5.74) is 4.58. The Hall–Kier alpha value is -2.80. The van der Waals surface area contributed by atoms with E-state index in [2.05, 4.69) is 65.1 Å². The molecule has 0 aliphatic rings. The third-order valence-corrected chi connectivity index (χ3v) is 9.87. The number of halogens is 2. The minimum atomic E-state index is -0.196. The van der Waals surface area contributed by atoms with Gasteiger partial charge in [-0.1, -0.05) is 82.9 Å². The molecule has 42 heavy (non-hydrogen) atoms. The van der Waals surface area contributed by atoms with Crippen LogP contribution in [-0.4, -0.2) is 28.8 Å². The summed E-state index contributed by atoms with van der Waals surface area (Å²) in [4.78, 5) is 14.3. The van der Waals surface area contributed by atoms with E-state index in [0.29, 0.717) is 34.6 Å². The summed E-state index contributed by atoms with van der Waals surface area (Å²) in [6.07, 6.45) is 3.71. The average Bonchev–Trinajstić information content (AvgIpc) is 3.67. The van der Waals surface area contributed by atoms with E-state index >= 15 is 0 Å². The number of carbonyl (C=O) groups is 1. The van der Waals surface area contributed by atoms with Crippen molar-refractivity contribution in [1.29, 1.82) is 0 Å². The van der Waals surface area contributed by atoms with Crippen LogP contribution in [0, 0.1) is 0 Å². The van der Waals surface area contributed by atoms with E-state index in [0.717, 1.165) is 42.0 Å². The van der Waals surface area contributed by atoms with Crippen LogP contribution in [0.25, 0.3) is 16.3 Å². The second kappa shape index (κ2) is 13.7. The van der Waals surface area contributed by atoms with Crippen LogP contribution in [0.2, 0.25) is 10.0 Å². The van der Waals surface area contributed by atoms with Crippen LogP contribution >= 0.6 is 34.5 Å². The number of amides is 1. The lowest BCUT2D eigenvalue weighted by Crippen LogP contribution is -2.27. The number of aromatic nitrogens is 2. The van der Waals surface area contributed by atoms with Crippen molar-refractivity contribution in [1.82, 2.24) is 15.1 Å². The summed E-state index contributed by atoms with van der Waals surface area (Å²) in [5, 5.41) is 10.6. The first-order chi connectivity index (χ1) is 20.0. The van der Waals surface area contributed by atoms with E-state index in [1.807, 2.05) is 23.6 Å². The fraction of sp³-hybridized carbons (Fsp3) is 0.412. The quantitative estimate of drug-likeness (QED) is 0.150. The number of ether oxygens (including phenoxy) is 1. The van der Waals surface area contributed by atoms with Gasteiger partial charge in [0.25, 0.3) is 5.91 Å².